The van der Waals surface area contributed by atoms with E-state index >= 15 is 0 Å². The van der Waals surface area contributed by atoms with E-state index in [0.717, 1.165) is 12.1 Å². The fourth-order valence-corrected chi connectivity index (χ4v) is 2.23. The molecule has 0 spiro atoms. The Morgan fingerprint density at radius 1 is 1.25 bits per heavy atom. The highest BCUT2D eigenvalue weighted by Crippen LogP contribution is 2.40. The van der Waals surface area contributed by atoms with E-state index in [1.807, 2.05) is 0 Å². The van der Waals surface area contributed by atoms with Crippen LogP contribution in [0.15, 0.2) is 18.2 Å². The molecule has 0 aliphatic heterocycles. The van der Waals surface area contributed by atoms with Crippen LogP contribution >= 0.6 is 11.6 Å². The Morgan fingerprint density at radius 2 is 1.80 bits per heavy atom. The zero-order chi connectivity index (χ0) is 15.5. The van der Waals surface area contributed by atoms with Gasteiger partial charge in [0.1, 0.15) is 5.78 Å². The predicted octanol–water partition coefficient (Wildman–Crippen LogP) is 3.33. The van der Waals surface area contributed by atoms with Crippen molar-refractivity contribution in [1.82, 2.24) is 0 Å². The molecule has 20 heavy (non-hydrogen) atoms. The highest BCUT2D eigenvalue weighted by molar-refractivity contribution is 6.25. The average molecular weight is 301 g/mol. The van der Waals surface area contributed by atoms with Gasteiger partial charge in [0.2, 0.25) is 0 Å². The number of alkyl halides is 1. The van der Waals surface area contributed by atoms with E-state index < -0.39 is 26.1 Å². The van der Waals surface area contributed by atoms with Crippen LogP contribution in [0.3, 0.4) is 0 Å². The van der Waals surface area contributed by atoms with E-state index in [9.17, 15) is 25.0 Å². The van der Waals surface area contributed by atoms with Gasteiger partial charge in [0.25, 0.3) is 0 Å². The maximum Gasteiger partial charge on any atom is 0.346 e. The third kappa shape index (κ3) is 3.30. The van der Waals surface area contributed by atoms with E-state index in [-0.39, 0.29) is 12.2 Å². The van der Waals surface area contributed by atoms with Crippen LogP contribution in [0.1, 0.15) is 32.3 Å². The van der Waals surface area contributed by atoms with Crippen molar-refractivity contribution in [3.8, 4) is 0 Å². The summed E-state index contributed by atoms with van der Waals surface area (Å²) in [5.41, 5.74) is -0.902. The molecule has 1 aromatic carbocycles. The maximum atomic E-state index is 11.3. The average Bonchev–Trinajstić information content (AvgIpc) is 2.36. The van der Waals surface area contributed by atoms with E-state index in [4.69, 9.17) is 11.6 Å². The van der Waals surface area contributed by atoms with Crippen LogP contribution in [-0.2, 0) is 9.67 Å². The molecular weight excluding hydrogens is 288 g/mol. The summed E-state index contributed by atoms with van der Waals surface area (Å²) in [6.45, 7) is 3.11. The number of rotatable bonds is 6. The van der Waals surface area contributed by atoms with Crippen molar-refractivity contribution in [1.29, 1.82) is 0 Å². The molecule has 0 radical (unpaired) electrons. The minimum Gasteiger partial charge on any atom is -0.300 e. The minimum absolute atomic E-state index is 0.0000206. The molecule has 1 aromatic rings. The molecule has 0 bridgehead atoms. The molecule has 1 rings (SSSR count). The molecule has 0 N–H and O–H groups in total. The molecule has 0 heterocycles. The first-order valence-corrected chi connectivity index (χ1v) is 6.20. The van der Waals surface area contributed by atoms with Gasteiger partial charge in [-0.25, -0.2) is 0 Å². The Labute approximate surface area is 119 Å². The van der Waals surface area contributed by atoms with E-state index in [2.05, 4.69) is 0 Å². The van der Waals surface area contributed by atoms with Gasteiger partial charge in [-0.3, -0.25) is 25.0 Å². The Kier molecular flexibility index (Phi) is 4.78. The summed E-state index contributed by atoms with van der Waals surface area (Å²) in [5, 5.41) is 21.7. The molecule has 0 aromatic heterocycles. The first-order chi connectivity index (χ1) is 9.21. The summed E-state index contributed by atoms with van der Waals surface area (Å²) >= 11 is 6.34. The summed E-state index contributed by atoms with van der Waals surface area (Å²) < 4.78 is 0. The van der Waals surface area contributed by atoms with Crippen LogP contribution in [-0.4, -0.2) is 15.6 Å². The first kappa shape index (κ1) is 16.0. The number of halogens is 1. The quantitative estimate of drug-likeness (QED) is 0.455. The summed E-state index contributed by atoms with van der Waals surface area (Å²) in [6.07, 6.45) is 0.364. The van der Waals surface area contributed by atoms with Gasteiger partial charge in [-0.2, -0.15) is 0 Å². The Hall–Kier alpha value is -2.02. The maximum absolute atomic E-state index is 11.3. The lowest BCUT2D eigenvalue weighted by molar-refractivity contribution is -0.422. The molecule has 108 valence electrons. The second kappa shape index (κ2) is 5.96. The van der Waals surface area contributed by atoms with Gasteiger partial charge in [-0.05, 0) is 25.0 Å². The zero-order valence-electron chi connectivity index (χ0n) is 11.0. The standard InChI is InChI=1S/C12H13ClN2O5/c1-3-12(13,7-8(2)16)9-4-5-10(14(17)18)11(6-9)15(19)20/h4-6H,3,7H2,1-2H3. The third-order valence-corrected chi connectivity index (χ3v) is 3.59. The molecule has 1 atom stereocenters. The molecular formula is C12H13ClN2O5. The Morgan fingerprint density at radius 3 is 2.20 bits per heavy atom. The van der Waals surface area contributed by atoms with Crippen molar-refractivity contribution in [3.05, 3.63) is 44.0 Å². The predicted molar refractivity (Wildman–Crippen MR) is 72.9 cm³/mol. The lowest BCUT2D eigenvalue weighted by Crippen LogP contribution is -2.21. The van der Waals surface area contributed by atoms with Gasteiger partial charge in [-0.1, -0.05) is 6.92 Å². The second-order valence-electron chi connectivity index (χ2n) is 4.42. The fraction of sp³-hybridized carbons (Fsp3) is 0.417. The molecule has 1 unspecified atom stereocenters. The number of nitro groups is 2. The number of Topliss-reactive ketones (excluding diaryl/α,β-unsaturated/α-hetero) is 1. The molecule has 0 saturated heterocycles. The molecule has 7 nitrogen and oxygen atoms in total. The lowest BCUT2D eigenvalue weighted by Gasteiger charge is -2.24. The fourth-order valence-electron chi connectivity index (χ4n) is 1.93. The SMILES string of the molecule is CCC(Cl)(CC(C)=O)c1ccc([N+](=O)[O-])c([N+](=O)[O-])c1. The molecule has 0 aliphatic carbocycles. The van der Waals surface area contributed by atoms with Gasteiger partial charge in [0.05, 0.1) is 14.7 Å². The normalized spacial score (nSPS) is 13.6. The zero-order valence-corrected chi connectivity index (χ0v) is 11.7. The molecule has 0 amide bonds. The van der Waals surface area contributed by atoms with Crippen LogP contribution in [0.2, 0.25) is 0 Å². The van der Waals surface area contributed by atoms with Gasteiger partial charge >= 0.3 is 11.4 Å². The Balaban J connectivity index is 3.39. The number of carbonyl (C=O) groups excluding carboxylic acids is 1. The lowest BCUT2D eigenvalue weighted by atomic mass is 9.90. The summed E-state index contributed by atoms with van der Waals surface area (Å²) in [6, 6.07) is 3.46. The van der Waals surface area contributed by atoms with Crippen LogP contribution < -0.4 is 0 Å². The number of nitrogens with zero attached hydrogens (tertiary/aromatic N) is 2. The monoisotopic (exact) mass is 300 g/mol. The van der Waals surface area contributed by atoms with E-state index in [0.29, 0.717) is 12.0 Å². The molecule has 0 saturated carbocycles. The van der Waals surface area contributed by atoms with Gasteiger partial charge in [-0.15, -0.1) is 11.6 Å². The van der Waals surface area contributed by atoms with Gasteiger partial charge in [0, 0.05) is 18.6 Å². The van der Waals surface area contributed by atoms with Crippen molar-refractivity contribution in [2.24, 2.45) is 0 Å². The molecule has 0 fully saturated rings. The minimum atomic E-state index is -1.09. The summed E-state index contributed by atoms with van der Waals surface area (Å²) in [4.78, 5) is 30.2. The van der Waals surface area contributed by atoms with Crippen molar-refractivity contribution >= 4 is 28.8 Å². The Bertz CT molecular complexity index is 575. The topological polar surface area (TPSA) is 103 Å². The van der Waals surface area contributed by atoms with Crippen LogP contribution in [0.4, 0.5) is 11.4 Å². The number of hydrogen-bond acceptors (Lipinski definition) is 5. The van der Waals surface area contributed by atoms with Crippen molar-refractivity contribution < 1.29 is 14.6 Å². The highest BCUT2D eigenvalue weighted by atomic mass is 35.5. The third-order valence-electron chi connectivity index (χ3n) is 2.98. The summed E-state index contributed by atoms with van der Waals surface area (Å²) in [5.74, 6) is -0.164. The summed E-state index contributed by atoms with van der Waals surface area (Å²) in [7, 11) is 0. The van der Waals surface area contributed by atoms with E-state index in [1.54, 1.807) is 6.92 Å². The second-order valence-corrected chi connectivity index (χ2v) is 5.14. The van der Waals surface area contributed by atoms with Crippen LogP contribution in [0, 0.1) is 20.2 Å². The molecule has 8 heteroatoms. The van der Waals surface area contributed by atoms with Gasteiger partial charge < -0.3 is 0 Å². The van der Waals surface area contributed by atoms with Crippen LogP contribution in [0.5, 0.6) is 0 Å². The number of ketones is 1. The molecule has 0 aliphatic rings. The highest BCUT2D eigenvalue weighted by Gasteiger charge is 2.33. The van der Waals surface area contributed by atoms with Crippen molar-refractivity contribution in [3.63, 3.8) is 0 Å². The van der Waals surface area contributed by atoms with E-state index in [1.165, 1.54) is 13.0 Å². The number of hydrogen-bond donors (Lipinski definition) is 0. The number of carbonyl (C=O) groups is 1. The number of benzene rings is 1. The largest absolute Gasteiger partial charge is 0.346 e. The first-order valence-electron chi connectivity index (χ1n) is 5.83. The number of nitro benzene ring substituents is 2. The van der Waals surface area contributed by atoms with Crippen molar-refractivity contribution in [2.75, 3.05) is 0 Å². The smallest absolute Gasteiger partial charge is 0.300 e. The van der Waals surface area contributed by atoms with Gasteiger partial charge in [0.15, 0.2) is 0 Å². The van der Waals surface area contributed by atoms with Crippen LogP contribution in [0.25, 0.3) is 0 Å². The van der Waals surface area contributed by atoms with Crippen molar-refractivity contribution in [2.45, 2.75) is 31.6 Å².